The van der Waals surface area contributed by atoms with Crippen LogP contribution in [0.1, 0.15) is 0 Å². The van der Waals surface area contributed by atoms with Crippen LogP contribution in [0.2, 0.25) is 0 Å². The molecule has 1 amide bonds. The van der Waals surface area contributed by atoms with E-state index in [2.05, 4.69) is 13.2 Å². The molecule has 0 unspecified atom stereocenters. The Kier molecular flexibility index (Phi) is 2.89. The van der Waals surface area contributed by atoms with Crippen molar-refractivity contribution in [1.29, 1.82) is 0 Å². The monoisotopic (exact) mass is 98.1 g/mol. The van der Waals surface area contributed by atoms with Crippen molar-refractivity contribution < 1.29 is 9.69 Å². The van der Waals surface area contributed by atoms with Crippen molar-refractivity contribution >= 4 is 6.41 Å². The van der Waals surface area contributed by atoms with Crippen LogP contribution in [0.25, 0.3) is 0 Å². The highest BCUT2D eigenvalue weighted by Gasteiger charge is 1.87. The summed E-state index contributed by atoms with van der Waals surface area (Å²) >= 11 is 0. The maximum absolute atomic E-state index is 9.79. The van der Waals surface area contributed by atoms with Gasteiger partial charge in [-0.2, -0.15) is 0 Å². The number of nitrogens with one attached hydrogen (secondary N) is 1. The summed E-state index contributed by atoms with van der Waals surface area (Å²) in [5.41, 5.74) is 0. The molecule has 0 aromatic heterocycles. The zero-order chi connectivity index (χ0) is 5.70. The third-order valence-electron chi connectivity index (χ3n) is 0.607. The molecule has 0 saturated heterocycles. The molecule has 0 aliphatic rings. The number of hydrogen-bond donors (Lipinski definition) is 1. The van der Waals surface area contributed by atoms with Gasteiger partial charge in [-0.1, -0.05) is 0 Å². The fraction of sp³-hybridized carbons (Fsp3) is 0. The van der Waals surface area contributed by atoms with Crippen molar-refractivity contribution in [2.45, 2.75) is 0 Å². The predicted molar refractivity (Wildman–Crippen MR) is 27.4 cm³/mol. The highest BCUT2D eigenvalue weighted by molar-refractivity contribution is 5.35. The van der Waals surface area contributed by atoms with Crippen molar-refractivity contribution in [1.82, 2.24) is 0 Å². The molecule has 0 rings (SSSR count). The number of amides is 1. The van der Waals surface area contributed by atoms with Gasteiger partial charge in [0.1, 0.15) is 0 Å². The van der Waals surface area contributed by atoms with Gasteiger partial charge in [0.2, 0.25) is 0 Å². The fourth-order valence-corrected chi connectivity index (χ4v) is 0.180. The zero-order valence-corrected chi connectivity index (χ0v) is 4.05. The average Bonchev–Trinajstić information content (AvgIpc) is 1.72. The van der Waals surface area contributed by atoms with Gasteiger partial charge in [-0.15, -0.1) is 0 Å². The van der Waals surface area contributed by atoms with Crippen LogP contribution in [-0.2, 0) is 4.79 Å². The largest absolute Gasteiger partial charge is 0.308 e. The lowest BCUT2D eigenvalue weighted by molar-refractivity contribution is -0.690. The van der Waals surface area contributed by atoms with Gasteiger partial charge in [-0.3, -0.25) is 0 Å². The van der Waals surface area contributed by atoms with Crippen LogP contribution in [-0.4, -0.2) is 6.41 Å². The van der Waals surface area contributed by atoms with Gasteiger partial charge in [0.15, 0.2) is 0 Å². The summed E-state index contributed by atoms with van der Waals surface area (Å²) in [6.45, 7) is 6.73. The molecule has 0 aliphatic heterocycles. The predicted octanol–water partition coefficient (Wildman–Crippen LogP) is -0.685. The van der Waals surface area contributed by atoms with Gasteiger partial charge >= 0.3 is 6.41 Å². The lowest BCUT2D eigenvalue weighted by Gasteiger charge is -1.90. The average molecular weight is 98.1 g/mol. The second kappa shape index (κ2) is 3.31. The third kappa shape index (κ3) is 1.89. The fourth-order valence-electron chi connectivity index (χ4n) is 0.180. The van der Waals surface area contributed by atoms with Gasteiger partial charge in [-0.25, -0.2) is 9.69 Å². The van der Waals surface area contributed by atoms with E-state index in [1.807, 2.05) is 0 Å². The third-order valence-corrected chi connectivity index (χ3v) is 0.607. The Hall–Kier alpha value is -0.890. The molecule has 0 aliphatic carbocycles. The van der Waals surface area contributed by atoms with Crippen LogP contribution in [0.4, 0.5) is 0 Å². The van der Waals surface area contributed by atoms with E-state index in [-0.39, 0.29) is 0 Å². The molecule has 0 fully saturated rings. The Balaban J connectivity index is 3.57. The lowest BCUT2D eigenvalue weighted by atomic mass is 10.8. The van der Waals surface area contributed by atoms with Crippen molar-refractivity contribution in [3.05, 3.63) is 25.6 Å². The Bertz CT molecular complexity index is 69.1. The van der Waals surface area contributed by atoms with Crippen LogP contribution in [0.3, 0.4) is 0 Å². The summed E-state index contributed by atoms with van der Waals surface area (Å²) in [5.74, 6) is 0. The Labute approximate surface area is 42.7 Å². The molecule has 2 heteroatoms. The van der Waals surface area contributed by atoms with Crippen LogP contribution in [0.15, 0.2) is 25.6 Å². The van der Waals surface area contributed by atoms with E-state index >= 15 is 0 Å². The number of carbonyl (C=O) groups is 1. The summed E-state index contributed by atoms with van der Waals surface area (Å²) in [5, 5.41) is 0. The van der Waals surface area contributed by atoms with Gasteiger partial charge < -0.3 is 0 Å². The van der Waals surface area contributed by atoms with Crippen molar-refractivity contribution in [2.75, 3.05) is 0 Å². The Morgan fingerprint density at radius 2 is 1.71 bits per heavy atom. The summed E-state index contributed by atoms with van der Waals surface area (Å²) in [6.07, 6.45) is 3.62. The van der Waals surface area contributed by atoms with E-state index in [0.29, 0.717) is 11.3 Å². The molecule has 0 atom stereocenters. The molecule has 0 saturated carbocycles. The van der Waals surface area contributed by atoms with E-state index in [9.17, 15) is 4.79 Å². The van der Waals surface area contributed by atoms with E-state index in [0.717, 1.165) is 0 Å². The number of quaternary nitrogens is 1. The normalized spacial score (nSPS) is 8.14. The first kappa shape index (κ1) is 6.11. The maximum atomic E-state index is 9.79. The van der Waals surface area contributed by atoms with Crippen LogP contribution in [0.5, 0.6) is 0 Å². The molecular formula is C5H8NO+. The molecule has 0 aromatic carbocycles. The van der Waals surface area contributed by atoms with E-state index in [1.54, 1.807) is 0 Å². The van der Waals surface area contributed by atoms with Crippen LogP contribution in [0, 0.1) is 0 Å². The van der Waals surface area contributed by atoms with Gasteiger partial charge in [0.05, 0.1) is 12.4 Å². The quantitative estimate of drug-likeness (QED) is 0.464. The second-order valence-electron chi connectivity index (χ2n) is 1.03. The lowest BCUT2D eigenvalue weighted by Crippen LogP contribution is -3.01. The molecule has 0 radical (unpaired) electrons. The van der Waals surface area contributed by atoms with Crippen LogP contribution < -0.4 is 4.90 Å². The molecule has 38 valence electrons. The highest BCUT2D eigenvalue weighted by Crippen LogP contribution is 1.36. The summed E-state index contributed by atoms with van der Waals surface area (Å²) in [6, 6.07) is 0. The number of rotatable bonds is 3. The van der Waals surface area contributed by atoms with E-state index < -0.39 is 0 Å². The van der Waals surface area contributed by atoms with Gasteiger partial charge in [0.25, 0.3) is 0 Å². The molecule has 0 aromatic rings. The molecule has 2 nitrogen and oxygen atoms in total. The van der Waals surface area contributed by atoms with Gasteiger partial charge in [-0.05, 0) is 13.2 Å². The van der Waals surface area contributed by atoms with Crippen molar-refractivity contribution in [3.8, 4) is 0 Å². The number of hydrogen-bond acceptors (Lipinski definition) is 1. The molecule has 0 bridgehead atoms. The summed E-state index contributed by atoms with van der Waals surface area (Å²) in [7, 11) is 0. The first-order valence-corrected chi connectivity index (χ1v) is 1.92. The van der Waals surface area contributed by atoms with Gasteiger partial charge in [0, 0.05) is 0 Å². The minimum atomic E-state index is 0.528. The minimum Gasteiger partial charge on any atom is -0.233 e. The summed E-state index contributed by atoms with van der Waals surface area (Å²) < 4.78 is 0. The first-order chi connectivity index (χ1) is 3.35. The number of carbonyl (C=O) groups excluding carboxylic acids is 1. The highest BCUT2D eigenvalue weighted by atomic mass is 16.1. The van der Waals surface area contributed by atoms with E-state index in [1.165, 1.54) is 12.4 Å². The van der Waals surface area contributed by atoms with Crippen molar-refractivity contribution in [3.63, 3.8) is 0 Å². The van der Waals surface area contributed by atoms with E-state index in [4.69, 9.17) is 0 Å². The molecule has 0 spiro atoms. The standard InChI is InChI=1S/C5H7NO/c1-3-6(4-2)5-7/h3-5H,1-2H2/p+1. The second-order valence-corrected chi connectivity index (χ2v) is 1.03. The summed E-state index contributed by atoms with van der Waals surface area (Å²) in [4.78, 5) is 10.3. The Morgan fingerprint density at radius 1 is 1.29 bits per heavy atom. The smallest absolute Gasteiger partial charge is 0.233 e. The van der Waals surface area contributed by atoms with Crippen LogP contribution >= 0.6 is 0 Å². The minimum absolute atomic E-state index is 0.528. The molecule has 7 heavy (non-hydrogen) atoms. The first-order valence-electron chi connectivity index (χ1n) is 1.92. The Morgan fingerprint density at radius 3 is 1.71 bits per heavy atom. The maximum Gasteiger partial charge on any atom is 0.308 e. The molecular weight excluding hydrogens is 90.1 g/mol. The molecule has 1 N–H and O–H groups in total. The van der Waals surface area contributed by atoms with Crippen molar-refractivity contribution in [2.24, 2.45) is 0 Å². The molecule has 0 heterocycles. The zero-order valence-electron chi connectivity index (χ0n) is 4.05. The SMILES string of the molecule is C=C[NH+](C=C)C=O. The topological polar surface area (TPSA) is 21.5 Å².